The number of allylic oxidation sites excluding steroid dienone is 1. The third kappa shape index (κ3) is 5.24. The zero-order valence-electron chi connectivity index (χ0n) is 20.3. The summed E-state index contributed by atoms with van der Waals surface area (Å²) in [4.78, 5) is 15.0. The molecule has 7 nitrogen and oxygen atoms in total. The lowest BCUT2D eigenvalue weighted by molar-refractivity contribution is -0.117. The summed E-state index contributed by atoms with van der Waals surface area (Å²) in [6.45, 7) is 3.39. The first kappa shape index (κ1) is 24.5. The quantitative estimate of drug-likeness (QED) is 0.360. The van der Waals surface area contributed by atoms with Crippen LogP contribution < -0.4 is 10.2 Å². The van der Waals surface area contributed by atoms with Gasteiger partial charge in [-0.15, -0.1) is 0 Å². The molecule has 1 fully saturated rings. The Morgan fingerprint density at radius 2 is 1.80 bits per heavy atom. The highest BCUT2D eigenvalue weighted by Gasteiger charge is 2.18. The normalized spacial score (nSPS) is 15.5. The molecule has 3 N–H and O–H groups in total. The Kier molecular flexibility index (Phi) is 7.54. The maximum Gasteiger partial charge on any atom is 0.262 e. The Morgan fingerprint density at radius 1 is 1.09 bits per heavy atom. The molecule has 0 spiro atoms. The average molecular weight is 473 g/mol. The number of carbonyl (C=O) groups excluding carboxylic acids is 1. The highest BCUT2D eigenvalue weighted by atomic mass is 16.3. The van der Waals surface area contributed by atoms with Crippen LogP contribution in [0.15, 0.2) is 54.1 Å². The van der Waals surface area contributed by atoms with Crippen molar-refractivity contribution in [2.45, 2.75) is 32.3 Å². The minimum Gasteiger partial charge on any atom is -0.394 e. The van der Waals surface area contributed by atoms with Crippen LogP contribution in [0.2, 0.25) is 0 Å². The number of piperidine rings is 1. The Morgan fingerprint density at radius 3 is 2.51 bits per heavy atom. The van der Waals surface area contributed by atoms with Crippen LogP contribution in [0.5, 0.6) is 0 Å². The van der Waals surface area contributed by atoms with Gasteiger partial charge in [0.15, 0.2) is 0 Å². The van der Waals surface area contributed by atoms with Crippen molar-refractivity contribution in [2.75, 3.05) is 31.1 Å². The molecule has 3 aromatic rings. The molecule has 1 aromatic heterocycles. The van der Waals surface area contributed by atoms with E-state index in [4.69, 9.17) is 5.11 Å². The van der Waals surface area contributed by atoms with Crippen LogP contribution in [-0.4, -0.2) is 53.0 Å². The van der Waals surface area contributed by atoms with Crippen LogP contribution in [0, 0.1) is 11.3 Å². The Bertz CT molecular complexity index is 1300. The van der Waals surface area contributed by atoms with Crippen molar-refractivity contribution in [3.05, 3.63) is 59.8 Å². The Labute approximate surface area is 205 Å². The lowest BCUT2D eigenvalue weighted by atomic mass is 10.0. The summed E-state index contributed by atoms with van der Waals surface area (Å²) >= 11 is 0. The van der Waals surface area contributed by atoms with E-state index >= 15 is 0 Å². The summed E-state index contributed by atoms with van der Waals surface area (Å²) < 4.78 is 1.98. The fraction of sp³-hybridized carbons (Fsp3) is 0.357. The molecule has 1 saturated heterocycles. The number of rotatable bonds is 7. The zero-order chi connectivity index (χ0) is 24.9. The molecule has 182 valence electrons. The van der Waals surface area contributed by atoms with Gasteiger partial charge in [0.05, 0.1) is 12.7 Å². The first-order valence-electron chi connectivity index (χ1n) is 12.1. The predicted molar refractivity (Wildman–Crippen MR) is 139 cm³/mol. The van der Waals surface area contributed by atoms with Crippen LogP contribution in [0.4, 0.5) is 5.69 Å². The van der Waals surface area contributed by atoms with Gasteiger partial charge in [-0.3, -0.25) is 4.79 Å². The van der Waals surface area contributed by atoms with Crippen LogP contribution in [0.1, 0.15) is 31.9 Å². The van der Waals surface area contributed by atoms with Crippen molar-refractivity contribution >= 4 is 27.9 Å². The molecule has 35 heavy (non-hydrogen) atoms. The van der Waals surface area contributed by atoms with Gasteiger partial charge in [0.2, 0.25) is 0 Å². The van der Waals surface area contributed by atoms with Crippen LogP contribution in [0.3, 0.4) is 0 Å². The van der Waals surface area contributed by atoms with Crippen molar-refractivity contribution in [1.29, 1.82) is 5.26 Å². The number of nitriles is 1. The Balaban J connectivity index is 1.60. The lowest BCUT2D eigenvalue weighted by Gasteiger charge is -2.29. The summed E-state index contributed by atoms with van der Waals surface area (Å²) in [5.74, 6) is -0.574. The second-order valence-electron chi connectivity index (χ2n) is 9.11. The molecule has 0 radical (unpaired) electrons. The highest BCUT2D eigenvalue weighted by molar-refractivity contribution is 6.04. The molecule has 2 aromatic carbocycles. The van der Waals surface area contributed by atoms with Gasteiger partial charge in [0.25, 0.3) is 5.91 Å². The maximum atomic E-state index is 12.5. The van der Waals surface area contributed by atoms with Gasteiger partial charge < -0.3 is 25.0 Å². The molecule has 4 rings (SSSR count). The van der Waals surface area contributed by atoms with E-state index < -0.39 is 18.6 Å². The number of aliphatic hydroxyl groups is 2. The number of aromatic nitrogens is 1. The van der Waals surface area contributed by atoms with E-state index in [9.17, 15) is 15.2 Å². The molecule has 1 aliphatic rings. The number of nitrogens with zero attached hydrogens (tertiary/aromatic N) is 3. The van der Waals surface area contributed by atoms with E-state index in [1.807, 2.05) is 29.8 Å². The number of aliphatic hydroxyl groups excluding tert-OH is 2. The maximum absolute atomic E-state index is 12.5. The Hall–Kier alpha value is -3.60. The standard InChI is InChI=1S/C28H32N4O3/c1-19(25(16-29)28(35)30-17-24(34)18-33)26-10-11-27(31(26)2)22-7-6-21-15-23(9-8-20(21)14-22)32-12-4-3-5-13-32/h6-11,14-15,24,33-34H,3-5,12-13,17-18H2,1-2H3,(H,30,35)/b25-19+. The van der Waals surface area contributed by atoms with Gasteiger partial charge in [-0.1, -0.05) is 18.2 Å². The number of hydrogen-bond donors (Lipinski definition) is 3. The molecule has 0 bridgehead atoms. The monoisotopic (exact) mass is 472 g/mol. The molecule has 0 aliphatic carbocycles. The van der Waals surface area contributed by atoms with E-state index in [1.54, 1.807) is 6.92 Å². The van der Waals surface area contributed by atoms with E-state index in [-0.39, 0.29) is 12.1 Å². The van der Waals surface area contributed by atoms with Crippen molar-refractivity contribution < 1.29 is 15.0 Å². The number of nitrogens with one attached hydrogen (secondary N) is 1. The number of anilines is 1. The van der Waals surface area contributed by atoms with Crippen molar-refractivity contribution in [1.82, 2.24) is 9.88 Å². The van der Waals surface area contributed by atoms with Gasteiger partial charge in [-0.05, 0) is 78.4 Å². The number of fused-ring (bicyclic) bond motifs is 1. The van der Waals surface area contributed by atoms with Crippen LogP contribution in [0.25, 0.3) is 27.6 Å². The molecule has 1 aliphatic heterocycles. The topological polar surface area (TPSA) is 102 Å². The summed E-state index contributed by atoms with van der Waals surface area (Å²) in [5, 5.41) is 32.9. The molecule has 1 amide bonds. The number of carbonyl (C=O) groups is 1. The molecule has 7 heteroatoms. The second-order valence-corrected chi connectivity index (χ2v) is 9.11. The van der Waals surface area contributed by atoms with Gasteiger partial charge in [-0.2, -0.15) is 5.26 Å². The highest BCUT2D eigenvalue weighted by Crippen LogP contribution is 2.31. The summed E-state index contributed by atoms with van der Waals surface area (Å²) in [6, 6.07) is 18.9. The molecule has 1 unspecified atom stereocenters. The fourth-order valence-electron chi connectivity index (χ4n) is 4.72. The smallest absolute Gasteiger partial charge is 0.262 e. The van der Waals surface area contributed by atoms with Gasteiger partial charge in [0.1, 0.15) is 11.6 Å². The van der Waals surface area contributed by atoms with Gasteiger partial charge in [0, 0.05) is 43.8 Å². The first-order chi connectivity index (χ1) is 16.9. The molecular weight excluding hydrogens is 440 g/mol. The third-order valence-electron chi connectivity index (χ3n) is 6.77. The summed E-state index contributed by atoms with van der Waals surface area (Å²) in [5.41, 5.74) is 4.60. The van der Waals surface area contributed by atoms with E-state index in [2.05, 4.69) is 46.6 Å². The predicted octanol–water partition coefficient (Wildman–Crippen LogP) is 3.60. The van der Waals surface area contributed by atoms with Crippen molar-refractivity contribution in [3.8, 4) is 17.3 Å². The fourth-order valence-corrected chi connectivity index (χ4v) is 4.72. The van der Waals surface area contributed by atoms with E-state index in [1.165, 1.54) is 30.3 Å². The minimum atomic E-state index is -1.07. The third-order valence-corrected chi connectivity index (χ3v) is 6.77. The van der Waals surface area contributed by atoms with E-state index in [0.717, 1.165) is 35.4 Å². The van der Waals surface area contributed by atoms with Crippen LogP contribution >= 0.6 is 0 Å². The first-order valence-corrected chi connectivity index (χ1v) is 12.1. The van der Waals surface area contributed by atoms with Crippen molar-refractivity contribution in [2.24, 2.45) is 7.05 Å². The number of benzene rings is 2. The summed E-state index contributed by atoms with van der Waals surface area (Å²) in [7, 11) is 1.92. The number of amides is 1. The van der Waals surface area contributed by atoms with Crippen molar-refractivity contribution in [3.63, 3.8) is 0 Å². The molecule has 1 atom stereocenters. The van der Waals surface area contributed by atoms with Gasteiger partial charge in [-0.25, -0.2) is 0 Å². The van der Waals surface area contributed by atoms with Gasteiger partial charge >= 0.3 is 0 Å². The number of hydrogen-bond acceptors (Lipinski definition) is 5. The van der Waals surface area contributed by atoms with E-state index in [0.29, 0.717) is 5.57 Å². The van der Waals surface area contributed by atoms with Crippen LogP contribution in [-0.2, 0) is 11.8 Å². The molecule has 0 saturated carbocycles. The minimum absolute atomic E-state index is 0.0216. The average Bonchev–Trinajstić information content (AvgIpc) is 3.28. The largest absolute Gasteiger partial charge is 0.394 e. The SMILES string of the molecule is C/C(=C(/C#N)C(=O)NCC(O)CO)c1ccc(-c2ccc3cc(N4CCCCC4)ccc3c2)n1C. The molecule has 2 heterocycles. The zero-order valence-corrected chi connectivity index (χ0v) is 20.3. The second kappa shape index (κ2) is 10.8. The molecular formula is C28H32N4O3. The summed E-state index contributed by atoms with van der Waals surface area (Å²) in [6.07, 6.45) is 2.75. The lowest BCUT2D eigenvalue weighted by Crippen LogP contribution is -2.34.